The molecule has 1 fully saturated rings. The van der Waals surface area contributed by atoms with Gasteiger partial charge in [-0.1, -0.05) is 51.4 Å². The second-order valence-corrected chi connectivity index (χ2v) is 8.90. The predicted molar refractivity (Wildman–Crippen MR) is 130 cm³/mol. The zero-order chi connectivity index (χ0) is 27.4. The lowest BCUT2D eigenvalue weighted by Gasteiger charge is -2.23. The van der Waals surface area contributed by atoms with Crippen LogP contribution in [0, 0.1) is 12.3 Å². The summed E-state index contributed by atoms with van der Waals surface area (Å²) >= 11 is 0. The van der Waals surface area contributed by atoms with Crippen molar-refractivity contribution in [1.82, 2.24) is 14.5 Å². The van der Waals surface area contributed by atoms with Gasteiger partial charge >= 0.3 is 18.0 Å². The second-order valence-electron chi connectivity index (χ2n) is 8.90. The lowest BCUT2D eigenvalue weighted by atomic mass is 10.1. The van der Waals surface area contributed by atoms with E-state index in [1.54, 1.807) is 9.88 Å². The maximum absolute atomic E-state index is 13.2. The first kappa shape index (κ1) is 30.4. The highest BCUT2D eigenvalue weighted by Gasteiger charge is 2.40. The number of amides is 1. The van der Waals surface area contributed by atoms with E-state index in [2.05, 4.69) is 12.8 Å². The van der Waals surface area contributed by atoms with Crippen LogP contribution in [-0.2, 0) is 20.4 Å². The third kappa shape index (κ3) is 9.23. The third-order valence-electron chi connectivity index (χ3n) is 6.19. The summed E-state index contributed by atoms with van der Waals surface area (Å²) in [5.74, 6) is 2.30. The Morgan fingerprint density at radius 1 is 1.22 bits per heavy atom. The van der Waals surface area contributed by atoms with Crippen molar-refractivity contribution in [3.63, 3.8) is 0 Å². The number of aromatic amines is 1. The van der Waals surface area contributed by atoms with Gasteiger partial charge in [0.25, 0.3) is 5.56 Å². The summed E-state index contributed by atoms with van der Waals surface area (Å²) < 4.78 is 56.9. The van der Waals surface area contributed by atoms with E-state index >= 15 is 0 Å². The van der Waals surface area contributed by atoms with Gasteiger partial charge in [-0.05, 0) is 13.3 Å². The fourth-order valence-corrected chi connectivity index (χ4v) is 4.14. The van der Waals surface area contributed by atoms with Crippen LogP contribution in [-0.4, -0.2) is 59.1 Å². The molecule has 9 nitrogen and oxygen atoms in total. The van der Waals surface area contributed by atoms with E-state index in [9.17, 15) is 27.6 Å². The Labute approximate surface area is 214 Å². The van der Waals surface area contributed by atoms with Crippen LogP contribution in [0.2, 0.25) is 0 Å². The highest BCUT2D eigenvalue weighted by atomic mass is 19.4. The van der Waals surface area contributed by atoms with Crippen molar-refractivity contribution in [2.45, 2.75) is 89.8 Å². The van der Waals surface area contributed by atoms with Crippen molar-refractivity contribution in [3.8, 4) is 12.3 Å². The molecular weight excluding hydrogens is 495 g/mol. The van der Waals surface area contributed by atoms with Gasteiger partial charge in [0.1, 0.15) is 31.1 Å². The first-order valence-corrected chi connectivity index (χ1v) is 12.7. The highest BCUT2D eigenvalue weighted by Crippen LogP contribution is 2.32. The number of unbranched alkanes of at least 4 members (excludes halogenated alkanes) is 6. The van der Waals surface area contributed by atoms with Crippen molar-refractivity contribution in [2.75, 3.05) is 26.3 Å². The van der Waals surface area contributed by atoms with Crippen molar-refractivity contribution < 1.29 is 32.2 Å². The zero-order valence-electron chi connectivity index (χ0n) is 21.3. The zero-order valence-corrected chi connectivity index (χ0v) is 21.3. The summed E-state index contributed by atoms with van der Waals surface area (Å²) in [6, 6.07) is 0. The molecule has 2 heterocycles. The van der Waals surface area contributed by atoms with Crippen molar-refractivity contribution in [3.05, 3.63) is 32.6 Å². The van der Waals surface area contributed by atoms with Gasteiger partial charge in [-0.15, -0.1) is 6.42 Å². The number of carbonyl (C=O) groups excluding carboxylic acids is 1. The van der Waals surface area contributed by atoms with Crippen LogP contribution in [0.5, 0.6) is 0 Å². The van der Waals surface area contributed by atoms with E-state index in [4.69, 9.17) is 20.6 Å². The molecule has 1 aromatic rings. The molecule has 0 bridgehead atoms. The monoisotopic (exact) mass is 531 g/mol. The van der Waals surface area contributed by atoms with E-state index < -0.39 is 47.5 Å². The number of aromatic nitrogens is 2. The minimum atomic E-state index is -4.96. The van der Waals surface area contributed by atoms with Gasteiger partial charge in [0.15, 0.2) is 0 Å². The number of alkyl halides is 3. The summed E-state index contributed by atoms with van der Waals surface area (Å²) in [7, 11) is 0. The molecule has 12 heteroatoms. The van der Waals surface area contributed by atoms with Gasteiger partial charge in [-0.2, -0.15) is 13.2 Å². The van der Waals surface area contributed by atoms with Crippen LogP contribution >= 0.6 is 0 Å². The average Bonchev–Trinajstić information content (AvgIpc) is 3.24. The average molecular weight is 532 g/mol. The molecule has 0 saturated carbocycles. The number of nitrogens with one attached hydrogen (secondary N) is 1. The second kappa shape index (κ2) is 14.8. The SMILES string of the molecule is C#CCO[C@H]1C[C@H](n2cc(C(F)(F)F)c(=O)[nH]c2=O)O[C@@H]1COC(=O)N(CC)CCCCCCCCC. The number of rotatable bonds is 14. The molecule has 1 aromatic heterocycles. The Morgan fingerprint density at radius 3 is 2.51 bits per heavy atom. The molecule has 2 rings (SSSR count). The van der Waals surface area contributed by atoms with E-state index in [0.29, 0.717) is 23.9 Å². The van der Waals surface area contributed by atoms with Crippen LogP contribution < -0.4 is 11.2 Å². The van der Waals surface area contributed by atoms with Crippen molar-refractivity contribution in [2.24, 2.45) is 0 Å². The minimum Gasteiger partial charge on any atom is -0.447 e. The van der Waals surface area contributed by atoms with E-state index in [1.807, 2.05) is 6.92 Å². The number of halogens is 3. The lowest BCUT2D eigenvalue weighted by molar-refractivity contribution is -0.139. The van der Waals surface area contributed by atoms with Crippen molar-refractivity contribution >= 4 is 6.09 Å². The fourth-order valence-electron chi connectivity index (χ4n) is 4.14. The third-order valence-corrected chi connectivity index (χ3v) is 6.19. The number of nitrogens with zero attached hydrogens (tertiary/aromatic N) is 2. The number of carbonyl (C=O) groups is 1. The smallest absolute Gasteiger partial charge is 0.423 e. The largest absolute Gasteiger partial charge is 0.447 e. The van der Waals surface area contributed by atoms with Gasteiger partial charge in [0, 0.05) is 25.7 Å². The van der Waals surface area contributed by atoms with Gasteiger partial charge in [-0.3, -0.25) is 14.3 Å². The number of hydrogen-bond acceptors (Lipinski definition) is 6. The standard InChI is InChI=1S/C25H36F3N3O6/c1-4-7-8-9-10-11-12-13-30(6-3)24(34)36-17-20-19(35-14-5-2)15-21(37-20)31-16-18(25(26,27)28)22(32)29-23(31)33/h2,16,19-21H,4,6-15,17H2,1,3H3,(H,29,32,33)/t19-,20+,21+/m0/s1. The molecule has 0 spiro atoms. The number of hydrogen-bond donors (Lipinski definition) is 1. The molecule has 208 valence electrons. The van der Waals surface area contributed by atoms with Gasteiger partial charge in [0.2, 0.25) is 0 Å². The maximum Gasteiger partial charge on any atom is 0.423 e. The van der Waals surface area contributed by atoms with Crippen molar-refractivity contribution in [1.29, 1.82) is 0 Å². The number of H-pyrrole nitrogens is 1. The van der Waals surface area contributed by atoms with Gasteiger partial charge in [0.05, 0.1) is 6.10 Å². The van der Waals surface area contributed by atoms with E-state index in [0.717, 1.165) is 19.3 Å². The summed E-state index contributed by atoms with van der Waals surface area (Å²) in [6.07, 6.45) is 5.07. The quantitative estimate of drug-likeness (QED) is 0.287. The molecular formula is C25H36F3N3O6. The molecule has 1 N–H and O–H groups in total. The van der Waals surface area contributed by atoms with Crippen LogP contribution in [0.1, 0.15) is 77.0 Å². The first-order chi connectivity index (χ1) is 17.6. The number of ether oxygens (including phenoxy) is 3. The van der Waals surface area contributed by atoms with Crippen LogP contribution in [0.25, 0.3) is 0 Å². The van der Waals surface area contributed by atoms with Gasteiger partial charge in [-0.25, -0.2) is 9.59 Å². The Morgan fingerprint density at radius 2 is 1.89 bits per heavy atom. The molecule has 0 aromatic carbocycles. The number of terminal acetylenes is 1. The molecule has 1 aliphatic heterocycles. The molecule has 0 radical (unpaired) electrons. The molecule has 1 aliphatic rings. The summed E-state index contributed by atoms with van der Waals surface area (Å²) in [5, 5.41) is 0. The Balaban J connectivity index is 2.00. The molecule has 3 atom stereocenters. The summed E-state index contributed by atoms with van der Waals surface area (Å²) in [5.41, 5.74) is -4.14. The van der Waals surface area contributed by atoms with E-state index in [-0.39, 0.29) is 19.6 Å². The van der Waals surface area contributed by atoms with Gasteiger partial charge < -0.3 is 19.1 Å². The molecule has 37 heavy (non-hydrogen) atoms. The molecule has 1 amide bonds. The summed E-state index contributed by atoms with van der Waals surface area (Å²) in [4.78, 5) is 39.7. The molecule has 0 aliphatic carbocycles. The van der Waals surface area contributed by atoms with Crippen LogP contribution in [0.15, 0.2) is 15.8 Å². The lowest BCUT2D eigenvalue weighted by Crippen LogP contribution is -2.37. The Hall–Kier alpha value is -2.78. The van der Waals surface area contributed by atoms with Crippen LogP contribution in [0.3, 0.4) is 0 Å². The molecule has 0 unspecified atom stereocenters. The Bertz CT molecular complexity index is 1020. The maximum atomic E-state index is 13.2. The normalized spacial score (nSPS) is 19.5. The Kier molecular flexibility index (Phi) is 12.2. The molecule has 1 saturated heterocycles. The van der Waals surface area contributed by atoms with E-state index in [1.165, 1.54) is 25.7 Å². The summed E-state index contributed by atoms with van der Waals surface area (Å²) in [6.45, 7) is 4.64. The minimum absolute atomic E-state index is 0.0390. The highest BCUT2D eigenvalue weighted by molar-refractivity contribution is 5.67. The fraction of sp³-hybridized carbons (Fsp3) is 0.720. The van der Waals surface area contributed by atoms with Crippen LogP contribution in [0.4, 0.5) is 18.0 Å². The predicted octanol–water partition coefficient (Wildman–Crippen LogP) is 4.07. The first-order valence-electron chi connectivity index (χ1n) is 12.7. The topological polar surface area (TPSA) is 103 Å².